The van der Waals surface area contributed by atoms with Gasteiger partial charge < -0.3 is 5.43 Å². The fraction of sp³-hybridized carbons (Fsp3) is 0. The normalized spacial score (nSPS) is 10.0. The van der Waals surface area contributed by atoms with E-state index >= 15 is 0 Å². The Bertz CT molecular complexity index is 456. The van der Waals surface area contributed by atoms with E-state index in [4.69, 9.17) is 5.84 Å². The summed E-state index contributed by atoms with van der Waals surface area (Å²) in [5.41, 5.74) is 4.02. The Balaban J connectivity index is 2.49. The predicted octanol–water partition coefficient (Wildman–Crippen LogP) is 1.59. The molecule has 0 atom stereocenters. The van der Waals surface area contributed by atoms with Crippen molar-refractivity contribution < 1.29 is 0 Å². The van der Waals surface area contributed by atoms with E-state index < -0.39 is 0 Å². The van der Waals surface area contributed by atoms with Crippen molar-refractivity contribution in [3.63, 3.8) is 0 Å². The second kappa shape index (κ2) is 4.33. The van der Waals surface area contributed by atoms with Crippen molar-refractivity contribution in [3.05, 3.63) is 35.1 Å². The predicted molar refractivity (Wildman–Crippen MR) is 60.8 cm³/mol. The van der Waals surface area contributed by atoms with Crippen LogP contribution in [0.5, 0.6) is 0 Å². The molecule has 0 aliphatic rings. The minimum atomic E-state index is 0.507. The zero-order valence-electron chi connectivity index (χ0n) is 7.68. The number of benzene rings is 1. The quantitative estimate of drug-likeness (QED) is 0.637. The van der Waals surface area contributed by atoms with Crippen molar-refractivity contribution in [2.24, 2.45) is 5.84 Å². The number of hydrazine groups is 1. The van der Waals surface area contributed by atoms with Gasteiger partial charge in [-0.3, -0.25) is 0 Å². The Morgan fingerprint density at radius 1 is 1.20 bits per heavy atom. The minimum Gasteiger partial charge on any atom is -0.307 e. The number of rotatable bonds is 2. The van der Waals surface area contributed by atoms with Crippen LogP contribution in [0.2, 0.25) is 0 Å². The molecule has 0 radical (unpaired) electrons. The molecule has 1 heterocycles. The van der Waals surface area contributed by atoms with Crippen molar-refractivity contribution in [2.45, 2.75) is 0 Å². The molecule has 0 aliphatic carbocycles. The molecule has 76 valence electrons. The highest BCUT2D eigenvalue weighted by Gasteiger charge is 2.06. The molecule has 1 aromatic heterocycles. The fourth-order valence-electron chi connectivity index (χ4n) is 1.18. The number of nitrogens with two attached hydrogens (primary N) is 1. The minimum absolute atomic E-state index is 0.507. The Morgan fingerprint density at radius 3 is 2.60 bits per heavy atom. The Morgan fingerprint density at radius 2 is 1.93 bits per heavy atom. The molecule has 0 bridgehead atoms. The van der Waals surface area contributed by atoms with Crippen LogP contribution < -0.4 is 11.3 Å². The molecule has 0 spiro atoms. The Kier molecular flexibility index (Phi) is 2.89. The van der Waals surface area contributed by atoms with E-state index in [2.05, 4.69) is 36.5 Å². The third kappa shape index (κ3) is 2.11. The van der Waals surface area contributed by atoms with Crippen LogP contribution in [-0.2, 0) is 0 Å². The van der Waals surface area contributed by atoms with Gasteiger partial charge in [-0.25, -0.2) is 10.8 Å². The summed E-state index contributed by atoms with van der Waals surface area (Å²) in [6.45, 7) is 0. The average molecular weight is 266 g/mol. The van der Waals surface area contributed by atoms with E-state index in [0.29, 0.717) is 11.5 Å². The lowest BCUT2D eigenvalue weighted by molar-refractivity contribution is 0.973. The van der Waals surface area contributed by atoms with Crippen molar-refractivity contribution in [2.75, 3.05) is 5.43 Å². The van der Waals surface area contributed by atoms with Gasteiger partial charge in [-0.15, -0.1) is 10.2 Å². The first-order valence-corrected chi connectivity index (χ1v) is 5.01. The number of nitrogens with zero attached hydrogens (tertiary/aromatic N) is 3. The SMILES string of the molecule is NNc1ncnnc1-c1ccc(Br)cc1. The molecule has 2 aromatic rings. The summed E-state index contributed by atoms with van der Waals surface area (Å²) in [5.74, 6) is 5.84. The molecule has 15 heavy (non-hydrogen) atoms. The topological polar surface area (TPSA) is 76.7 Å². The van der Waals surface area contributed by atoms with Crippen molar-refractivity contribution in [1.82, 2.24) is 15.2 Å². The van der Waals surface area contributed by atoms with E-state index in [1.54, 1.807) is 0 Å². The van der Waals surface area contributed by atoms with Gasteiger partial charge in [0.25, 0.3) is 0 Å². The number of nitrogen functional groups attached to an aromatic ring is 1. The van der Waals surface area contributed by atoms with Gasteiger partial charge in [0.1, 0.15) is 12.0 Å². The molecule has 2 rings (SSSR count). The van der Waals surface area contributed by atoms with Crippen LogP contribution in [-0.4, -0.2) is 15.2 Å². The zero-order chi connectivity index (χ0) is 10.7. The number of aromatic nitrogens is 3. The van der Waals surface area contributed by atoms with Gasteiger partial charge in [-0.2, -0.15) is 0 Å². The maximum Gasteiger partial charge on any atom is 0.170 e. The largest absolute Gasteiger partial charge is 0.307 e. The van der Waals surface area contributed by atoms with E-state index in [1.807, 2.05) is 24.3 Å². The van der Waals surface area contributed by atoms with Crippen LogP contribution in [0.15, 0.2) is 35.1 Å². The molecular weight excluding hydrogens is 258 g/mol. The molecular formula is C9H8BrN5. The fourth-order valence-corrected chi connectivity index (χ4v) is 1.45. The molecule has 3 N–H and O–H groups in total. The highest BCUT2D eigenvalue weighted by Crippen LogP contribution is 2.23. The molecule has 0 saturated carbocycles. The first kappa shape index (κ1) is 10.0. The Labute approximate surface area is 94.8 Å². The van der Waals surface area contributed by atoms with Crippen LogP contribution >= 0.6 is 15.9 Å². The van der Waals surface area contributed by atoms with Crippen LogP contribution in [0, 0.1) is 0 Å². The zero-order valence-corrected chi connectivity index (χ0v) is 9.27. The van der Waals surface area contributed by atoms with Crippen LogP contribution in [0.3, 0.4) is 0 Å². The highest BCUT2D eigenvalue weighted by atomic mass is 79.9. The second-order valence-electron chi connectivity index (χ2n) is 2.81. The summed E-state index contributed by atoms with van der Waals surface area (Å²) in [4.78, 5) is 3.97. The molecule has 0 unspecified atom stereocenters. The lowest BCUT2D eigenvalue weighted by Gasteiger charge is -2.04. The molecule has 0 amide bonds. The molecule has 0 saturated heterocycles. The summed E-state index contributed by atoms with van der Waals surface area (Å²) >= 11 is 3.36. The van der Waals surface area contributed by atoms with Gasteiger partial charge in [-0.05, 0) is 12.1 Å². The van der Waals surface area contributed by atoms with Gasteiger partial charge >= 0.3 is 0 Å². The molecule has 0 aliphatic heterocycles. The van der Waals surface area contributed by atoms with Crippen molar-refractivity contribution in [1.29, 1.82) is 0 Å². The summed E-state index contributed by atoms with van der Waals surface area (Å²) in [7, 11) is 0. The number of hydrogen-bond acceptors (Lipinski definition) is 5. The number of halogens is 1. The maximum absolute atomic E-state index is 5.33. The van der Waals surface area contributed by atoms with Crippen LogP contribution in [0.25, 0.3) is 11.3 Å². The summed E-state index contributed by atoms with van der Waals surface area (Å²) in [6, 6.07) is 7.67. The smallest absolute Gasteiger partial charge is 0.170 e. The van der Waals surface area contributed by atoms with Gasteiger partial charge in [-0.1, -0.05) is 28.1 Å². The summed E-state index contributed by atoms with van der Waals surface area (Å²) in [5, 5.41) is 7.70. The summed E-state index contributed by atoms with van der Waals surface area (Å²) in [6.07, 6.45) is 1.34. The number of hydrogen-bond donors (Lipinski definition) is 2. The molecule has 5 nitrogen and oxygen atoms in total. The first-order valence-electron chi connectivity index (χ1n) is 4.21. The van der Waals surface area contributed by atoms with Gasteiger partial charge in [0.05, 0.1) is 0 Å². The molecule has 6 heteroatoms. The van der Waals surface area contributed by atoms with Crippen molar-refractivity contribution in [3.8, 4) is 11.3 Å². The average Bonchev–Trinajstić information content (AvgIpc) is 2.30. The van der Waals surface area contributed by atoms with Crippen LogP contribution in [0.4, 0.5) is 5.82 Å². The molecule has 1 aromatic carbocycles. The second-order valence-corrected chi connectivity index (χ2v) is 3.72. The first-order chi connectivity index (χ1) is 7.31. The van der Waals surface area contributed by atoms with Gasteiger partial charge in [0, 0.05) is 10.0 Å². The Hall–Kier alpha value is -1.53. The third-order valence-electron chi connectivity index (χ3n) is 1.87. The van der Waals surface area contributed by atoms with Crippen LogP contribution in [0.1, 0.15) is 0 Å². The standard InChI is InChI=1S/C9H8BrN5/c10-7-3-1-6(2-4-7)8-9(14-11)12-5-13-15-8/h1-5H,11H2,(H,12,13,14). The number of anilines is 1. The highest BCUT2D eigenvalue weighted by molar-refractivity contribution is 9.10. The van der Waals surface area contributed by atoms with E-state index in [9.17, 15) is 0 Å². The lowest BCUT2D eigenvalue weighted by Crippen LogP contribution is -2.11. The summed E-state index contributed by atoms with van der Waals surface area (Å²) < 4.78 is 1.00. The third-order valence-corrected chi connectivity index (χ3v) is 2.40. The number of nitrogens with one attached hydrogen (secondary N) is 1. The monoisotopic (exact) mass is 265 g/mol. The van der Waals surface area contributed by atoms with Gasteiger partial charge in [0.2, 0.25) is 0 Å². The lowest BCUT2D eigenvalue weighted by atomic mass is 10.1. The molecule has 0 fully saturated rings. The van der Waals surface area contributed by atoms with E-state index in [1.165, 1.54) is 6.33 Å². The van der Waals surface area contributed by atoms with Crippen molar-refractivity contribution >= 4 is 21.7 Å². The van der Waals surface area contributed by atoms with Gasteiger partial charge in [0.15, 0.2) is 5.82 Å². The van der Waals surface area contributed by atoms with E-state index in [-0.39, 0.29) is 0 Å². The van der Waals surface area contributed by atoms with E-state index in [0.717, 1.165) is 10.0 Å². The maximum atomic E-state index is 5.33.